The van der Waals surface area contributed by atoms with Gasteiger partial charge in [0.2, 0.25) is 0 Å². The Labute approximate surface area is 94.5 Å². The molecule has 0 aliphatic rings. The SMILES string of the molecule is CCNC(C)CCCCOC(C)COC. The molecule has 2 atom stereocenters. The molecule has 0 heterocycles. The molecule has 0 spiro atoms. The second-order valence-electron chi connectivity index (χ2n) is 4.09. The zero-order valence-corrected chi connectivity index (χ0v) is 10.7. The second kappa shape index (κ2) is 10.4. The van der Waals surface area contributed by atoms with E-state index in [-0.39, 0.29) is 6.10 Å². The average Bonchev–Trinajstić information content (AvgIpc) is 2.18. The van der Waals surface area contributed by atoms with Crippen molar-refractivity contribution in [3.05, 3.63) is 0 Å². The molecule has 2 unspecified atom stereocenters. The van der Waals surface area contributed by atoms with Crippen molar-refractivity contribution in [2.75, 3.05) is 26.9 Å². The van der Waals surface area contributed by atoms with Gasteiger partial charge in [0.1, 0.15) is 0 Å². The minimum atomic E-state index is 0.223. The van der Waals surface area contributed by atoms with Crippen LogP contribution in [0.3, 0.4) is 0 Å². The van der Waals surface area contributed by atoms with Crippen molar-refractivity contribution in [3.8, 4) is 0 Å². The lowest BCUT2D eigenvalue weighted by Gasteiger charge is -2.13. The summed E-state index contributed by atoms with van der Waals surface area (Å²) in [4.78, 5) is 0. The zero-order valence-electron chi connectivity index (χ0n) is 10.7. The molecule has 0 fully saturated rings. The van der Waals surface area contributed by atoms with Gasteiger partial charge in [-0.2, -0.15) is 0 Å². The van der Waals surface area contributed by atoms with Crippen molar-refractivity contribution in [1.29, 1.82) is 0 Å². The first-order chi connectivity index (χ1) is 7.20. The lowest BCUT2D eigenvalue weighted by atomic mass is 10.1. The molecule has 0 aromatic rings. The van der Waals surface area contributed by atoms with Gasteiger partial charge in [0.05, 0.1) is 12.7 Å². The van der Waals surface area contributed by atoms with Crippen LogP contribution in [-0.4, -0.2) is 39.0 Å². The second-order valence-corrected chi connectivity index (χ2v) is 4.09. The maximum atomic E-state index is 5.58. The van der Waals surface area contributed by atoms with Crippen LogP contribution in [0.2, 0.25) is 0 Å². The number of ether oxygens (including phenoxy) is 2. The van der Waals surface area contributed by atoms with E-state index in [4.69, 9.17) is 9.47 Å². The van der Waals surface area contributed by atoms with Crippen molar-refractivity contribution >= 4 is 0 Å². The third kappa shape index (κ3) is 10.2. The summed E-state index contributed by atoms with van der Waals surface area (Å²) in [7, 11) is 1.71. The van der Waals surface area contributed by atoms with Gasteiger partial charge in [0.25, 0.3) is 0 Å². The molecule has 3 heteroatoms. The van der Waals surface area contributed by atoms with Gasteiger partial charge >= 0.3 is 0 Å². The summed E-state index contributed by atoms with van der Waals surface area (Å²) in [5.74, 6) is 0. The van der Waals surface area contributed by atoms with E-state index in [0.717, 1.165) is 19.6 Å². The van der Waals surface area contributed by atoms with Crippen LogP contribution >= 0.6 is 0 Å². The topological polar surface area (TPSA) is 30.5 Å². The standard InChI is InChI=1S/C12H27NO2/c1-5-13-11(2)8-6-7-9-15-12(3)10-14-4/h11-13H,5-10H2,1-4H3. The number of hydrogen-bond acceptors (Lipinski definition) is 3. The minimum Gasteiger partial charge on any atom is -0.382 e. The van der Waals surface area contributed by atoms with Gasteiger partial charge in [-0.05, 0) is 39.7 Å². The summed E-state index contributed by atoms with van der Waals surface area (Å²) < 4.78 is 10.6. The summed E-state index contributed by atoms with van der Waals surface area (Å²) in [5, 5.41) is 3.40. The molecule has 0 saturated heterocycles. The fraction of sp³-hybridized carbons (Fsp3) is 1.00. The van der Waals surface area contributed by atoms with E-state index in [1.54, 1.807) is 7.11 Å². The van der Waals surface area contributed by atoms with E-state index in [2.05, 4.69) is 19.2 Å². The van der Waals surface area contributed by atoms with Crippen LogP contribution in [-0.2, 0) is 9.47 Å². The van der Waals surface area contributed by atoms with Crippen molar-refractivity contribution in [2.45, 2.75) is 52.2 Å². The molecule has 92 valence electrons. The lowest BCUT2D eigenvalue weighted by Crippen LogP contribution is -2.25. The molecular formula is C12H27NO2. The number of hydrogen-bond donors (Lipinski definition) is 1. The molecule has 3 nitrogen and oxygen atoms in total. The van der Waals surface area contributed by atoms with E-state index >= 15 is 0 Å². The van der Waals surface area contributed by atoms with Crippen molar-refractivity contribution in [1.82, 2.24) is 5.32 Å². The van der Waals surface area contributed by atoms with Crippen LogP contribution in [0.5, 0.6) is 0 Å². The normalized spacial score (nSPS) is 15.2. The highest BCUT2D eigenvalue weighted by Gasteiger charge is 2.02. The molecule has 0 aliphatic heterocycles. The van der Waals surface area contributed by atoms with E-state index in [1.807, 2.05) is 6.92 Å². The lowest BCUT2D eigenvalue weighted by molar-refractivity contribution is 0.00754. The van der Waals surface area contributed by atoms with Crippen LogP contribution < -0.4 is 5.32 Å². The third-order valence-electron chi connectivity index (χ3n) is 2.39. The van der Waals surface area contributed by atoms with E-state index in [1.165, 1.54) is 12.8 Å². The van der Waals surface area contributed by atoms with Crippen LogP contribution in [0.1, 0.15) is 40.0 Å². The predicted molar refractivity (Wildman–Crippen MR) is 64.3 cm³/mol. The molecule has 0 radical (unpaired) electrons. The minimum absolute atomic E-state index is 0.223. The fourth-order valence-corrected chi connectivity index (χ4v) is 1.57. The molecule has 0 aromatic carbocycles. The smallest absolute Gasteiger partial charge is 0.0780 e. The Hall–Kier alpha value is -0.120. The van der Waals surface area contributed by atoms with E-state index in [0.29, 0.717) is 12.6 Å². The maximum Gasteiger partial charge on any atom is 0.0780 e. The molecule has 0 saturated carbocycles. The van der Waals surface area contributed by atoms with Gasteiger partial charge in [-0.15, -0.1) is 0 Å². The fourth-order valence-electron chi connectivity index (χ4n) is 1.57. The van der Waals surface area contributed by atoms with E-state index in [9.17, 15) is 0 Å². The highest BCUT2D eigenvalue weighted by molar-refractivity contribution is 4.58. The van der Waals surface area contributed by atoms with Gasteiger partial charge in [0, 0.05) is 19.8 Å². The Morgan fingerprint density at radius 3 is 2.53 bits per heavy atom. The number of methoxy groups -OCH3 is 1. The van der Waals surface area contributed by atoms with Gasteiger partial charge in [-0.3, -0.25) is 0 Å². The highest BCUT2D eigenvalue weighted by Crippen LogP contribution is 2.02. The van der Waals surface area contributed by atoms with Crippen LogP contribution in [0, 0.1) is 0 Å². The molecule has 0 bridgehead atoms. The summed E-state index contributed by atoms with van der Waals surface area (Å²) in [5.41, 5.74) is 0. The number of nitrogens with one attached hydrogen (secondary N) is 1. The molecule has 0 aromatic heterocycles. The monoisotopic (exact) mass is 217 g/mol. The first-order valence-electron chi connectivity index (χ1n) is 6.04. The summed E-state index contributed by atoms with van der Waals surface area (Å²) in [6.45, 7) is 9.02. The Morgan fingerprint density at radius 1 is 1.20 bits per heavy atom. The summed E-state index contributed by atoms with van der Waals surface area (Å²) in [6, 6.07) is 0.631. The van der Waals surface area contributed by atoms with Crippen LogP contribution in [0.4, 0.5) is 0 Å². The zero-order chi connectivity index (χ0) is 11.5. The maximum absolute atomic E-state index is 5.58. The molecule has 0 rings (SSSR count). The van der Waals surface area contributed by atoms with Gasteiger partial charge in [-0.1, -0.05) is 6.92 Å². The largest absolute Gasteiger partial charge is 0.382 e. The Balaban J connectivity index is 3.17. The van der Waals surface area contributed by atoms with E-state index < -0.39 is 0 Å². The average molecular weight is 217 g/mol. The van der Waals surface area contributed by atoms with Crippen LogP contribution in [0.15, 0.2) is 0 Å². The van der Waals surface area contributed by atoms with Crippen LogP contribution in [0.25, 0.3) is 0 Å². The summed E-state index contributed by atoms with van der Waals surface area (Å²) in [6.07, 6.45) is 3.83. The van der Waals surface area contributed by atoms with Crippen molar-refractivity contribution in [3.63, 3.8) is 0 Å². The molecule has 15 heavy (non-hydrogen) atoms. The molecule has 0 amide bonds. The number of rotatable bonds is 10. The highest BCUT2D eigenvalue weighted by atomic mass is 16.5. The predicted octanol–water partition coefficient (Wildman–Crippen LogP) is 2.21. The Bertz CT molecular complexity index is 117. The van der Waals surface area contributed by atoms with Gasteiger partial charge in [0.15, 0.2) is 0 Å². The number of unbranched alkanes of at least 4 members (excludes halogenated alkanes) is 1. The first kappa shape index (κ1) is 14.9. The Morgan fingerprint density at radius 2 is 1.93 bits per heavy atom. The van der Waals surface area contributed by atoms with Gasteiger partial charge < -0.3 is 14.8 Å². The molecule has 0 aliphatic carbocycles. The molecule has 1 N–H and O–H groups in total. The quantitative estimate of drug-likeness (QED) is 0.569. The van der Waals surface area contributed by atoms with Crippen molar-refractivity contribution in [2.24, 2.45) is 0 Å². The first-order valence-corrected chi connectivity index (χ1v) is 6.04. The Kier molecular flexibility index (Phi) is 10.3. The summed E-state index contributed by atoms with van der Waals surface area (Å²) >= 11 is 0. The van der Waals surface area contributed by atoms with Crippen molar-refractivity contribution < 1.29 is 9.47 Å². The van der Waals surface area contributed by atoms with Gasteiger partial charge in [-0.25, -0.2) is 0 Å². The molecular weight excluding hydrogens is 190 g/mol. The third-order valence-corrected chi connectivity index (χ3v) is 2.39.